The van der Waals surface area contributed by atoms with Crippen LogP contribution in [0.5, 0.6) is 11.5 Å². The molecule has 8 heteroatoms. The van der Waals surface area contributed by atoms with Crippen LogP contribution in [0.2, 0.25) is 0 Å². The van der Waals surface area contributed by atoms with Gasteiger partial charge in [-0.05, 0) is 32.0 Å². The molecule has 2 heterocycles. The lowest BCUT2D eigenvalue weighted by molar-refractivity contribution is 0.0219. The van der Waals surface area contributed by atoms with E-state index in [-0.39, 0.29) is 11.8 Å². The fourth-order valence-corrected chi connectivity index (χ4v) is 3.53. The Morgan fingerprint density at radius 2 is 2.22 bits per heavy atom. The number of carbonyl (C=O) groups excluding carboxylic acids is 1. The SMILES string of the molecule is N#CCCCN1CC[C@@H](CNC(=O)c2cc(N)cc3c2OCCO3)C(O)C1. The zero-order valence-corrected chi connectivity index (χ0v) is 15.3. The fraction of sp³-hybridized carbons (Fsp3) is 0.579. The van der Waals surface area contributed by atoms with Gasteiger partial charge in [-0.3, -0.25) is 4.79 Å². The van der Waals surface area contributed by atoms with Crippen molar-refractivity contribution < 1.29 is 19.4 Å². The third kappa shape index (κ3) is 4.81. The van der Waals surface area contributed by atoms with Crippen LogP contribution < -0.4 is 20.5 Å². The Morgan fingerprint density at radius 1 is 1.41 bits per heavy atom. The first kappa shape index (κ1) is 19.3. The number of nitrogen functional groups attached to an aromatic ring is 1. The summed E-state index contributed by atoms with van der Waals surface area (Å²) in [6, 6.07) is 5.37. The maximum absolute atomic E-state index is 12.6. The molecule has 0 aromatic heterocycles. The number of piperidine rings is 1. The minimum Gasteiger partial charge on any atom is -0.486 e. The number of nitrogens with zero attached hydrogens (tertiary/aromatic N) is 2. The molecule has 3 rings (SSSR count). The zero-order valence-electron chi connectivity index (χ0n) is 15.3. The number of unbranched alkanes of at least 4 members (excludes halogenated alkanes) is 1. The lowest BCUT2D eigenvalue weighted by Gasteiger charge is -2.36. The maximum Gasteiger partial charge on any atom is 0.255 e. The first-order chi connectivity index (χ1) is 13.1. The molecule has 146 valence electrons. The largest absolute Gasteiger partial charge is 0.486 e. The Morgan fingerprint density at radius 3 is 3.00 bits per heavy atom. The first-order valence-corrected chi connectivity index (χ1v) is 9.33. The number of carbonyl (C=O) groups is 1. The van der Waals surface area contributed by atoms with Crippen molar-refractivity contribution in [1.82, 2.24) is 10.2 Å². The lowest BCUT2D eigenvalue weighted by Crippen LogP contribution is -2.47. The number of nitrogens with one attached hydrogen (secondary N) is 1. The van der Waals surface area contributed by atoms with E-state index in [9.17, 15) is 9.90 Å². The first-order valence-electron chi connectivity index (χ1n) is 9.33. The monoisotopic (exact) mass is 374 g/mol. The number of aliphatic hydroxyl groups excluding tert-OH is 1. The van der Waals surface area contributed by atoms with E-state index < -0.39 is 6.10 Å². The van der Waals surface area contributed by atoms with Gasteiger partial charge in [0.05, 0.1) is 17.7 Å². The molecule has 2 aliphatic heterocycles. The molecule has 0 spiro atoms. The van der Waals surface area contributed by atoms with Crippen LogP contribution in [-0.2, 0) is 0 Å². The van der Waals surface area contributed by atoms with Crippen LogP contribution in [0.15, 0.2) is 12.1 Å². The summed E-state index contributed by atoms with van der Waals surface area (Å²) in [5.74, 6) is 0.612. The number of hydrogen-bond acceptors (Lipinski definition) is 7. The molecule has 0 saturated carbocycles. The normalized spacial score (nSPS) is 22.1. The number of fused-ring (bicyclic) bond motifs is 1. The molecule has 1 fully saturated rings. The van der Waals surface area contributed by atoms with Gasteiger partial charge in [0.1, 0.15) is 13.2 Å². The van der Waals surface area contributed by atoms with E-state index in [1.807, 2.05) is 0 Å². The maximum atomic E-state index is 12.6. The number of likely N-dealkylation sites (tertiary alicyclic amines) is 1. The number of nitrogens with two attached hydrogens (primary N) is 1. The van der Waals surface area contributed by atoms with Crippen molar-refractivity contribution in [2.45, 2.75) is 25.4 Å². The van der Waals surface area contributed by atoms with E-state index in [0.717, 1.165) is 25.9 Å². The van der Waals surface area contributed by atoms with Crippen molar-refractivity contribution in [2.75, 3.05) is 45.1 Å². The van der Waals surface area contributed by atoms with Crippen LogP contribution in [0.25, 0.3) is 0 Å². The molecule has 8 nitrogen and oxygen atoms in total. The van der Waals surface area contributed by atoms with E-state index in [0.29, 0.717) is 55.5 Å². The number of aliphatic hydroxyl groups is 1. The van der Waals surface area contributed by atoms with Crippen molar-refractivity contribution in [3.05, 3.63) is 17.7 Å². The average Bonchev–Trinajstić information content (AvgIpc) is 2.66. The molecule has 2 atom stereocenters. The van der Waals surface area contributed by atoms with Gasteiger partial charge < -0.3 is 30.5 Å². The third-order valence-corrected chi connectivity index (χ3v) is 5.00. The van der Waals surface area contributed by atoms with E-state index in [1.54, 1.807) is 12.1 Å². The van der Waals surface area contributed by atoms with Gasteiger partial charge in [-0.1, -0.05) is 0 Å². The number of nitriles is 1. The summed E-state index contributed by atoms with van der Waals surface area (Å²) in [5, 5.41) is 21.9. The van der Waals surface area contributed by atoms with Crippen molar-refractivity contribution in [2.24, 2.45) is 5.92 Å². The van der Waals surface area contributed by atoms with E-state index in [1.165, 1.54) is 0 Å². The van der Waals surface area contributed by atoms with Gasteiger partial charge in [-0.25, -0.2) is 0 Å². The Kier molecular flexibility index (Phi) is 6.37. The molecule has 0 radical (unpaired) electrons. The topological polar surface area (TPSA) is 121 Å². The molecule has 1 saturated heterocycles. The second-order valence-electron chi connectivity index (χ2n) is 6.98. The molecular formula is C19H26N4O4. The van der Waals surface area contributed by atoms with Crippen molar-refractivity contribution in [1.29, 1.82) is 5.26 Å². The number of β-amino-alcohol motifs (C(OH)–C–C–N with tert-alkyl or cyclic N) is 1. The highest BCUT2D eigenvalue weighted by Crippen LogP contribution is 2.36. The van der Waals surface area contributed by atoms with E-state index in [2.05, 4.69) is 16.3 Å². The van der Waals surface area contributed by atoms with Gasteiger partial charge in [0, 0.05) is 37.2 Å². The number of anilines is 1. The summed E-state index contributed by atoms with van der Waals surface area (Å²) in [5.41, 5.74) is 6.66. The highest BCUT2D eigenvalue weighted by atomic mass is 16.6. The van der Waals surface area contributed by atoms with Crippen LogP contribution in [0, 0.1) is 17.2 Å². The third-order valence-electron chi connectivity index (χ3n) is 5.00. The Hall–Kier alpha value is -2.50. The molecule has 1 unspecified atom stereocenters. The van der Waals surface area contributed by atoms with Crippen LogP contribution in [0.3, 0.4) is 0 Å². The smallest absolute Gasteiger partial charge is 0.255 e. The Balaban J connectivity index is 1.54. The summed E-state index contributed by atoms with van der Waals surface area (Å²) in [4.78, 5) is 14.8. The Labute approximate surface area is 158 Å². The summed E-state index contributed by atoms with van der Waals surface area (Å²) >= 11 is 0. The number of rotatable bonds is 6. The average molecular weight is 374 g/mol. The number of benzene rings is 1. The number of hydrogen-bond donors (Lipinski definition) is 3. The molecule has 1 aromatic rings. The standard InChI is InChI=1S/C19H26N4O4/c20-4-1-2-5-23-6-3-13(16(24)12-23)11-22-19(25)15-9-14(21)10-17-18(15)27-8-7-26-17/h9-10,13,16,24H,1-3,5-8,11-12,21H2,(H,22,25)/t13-,16?/m0/s1. The van der Waals surface area contributed by atoms with Crippen LogP contribution in [-0.4, -0.2) is 61.4 Å². The van der Waals surface area contributed by atoms with Crippen LogP contribution in [0.1, 0.15) is 29.6 Å². The predicted molar refractivity (Wildman–Crippen MR) is 99.6 cm³/mol. The fourth-order valence-electron chi connectivity index (χ4n) is 3.53. The molecule has 1 amide bonds. The van der Waals surface area contributed by atoms with Gasteiger partial charge in [0.2, 0.25) is 0 Å². The molecule has 4 N–H and O–H groups in total. The highest BCUT2D eigenvalue weighted by molar-refractivity contribution is 5.99. The van der Waals surface area contributed by atoms with Gasteiger partial charge >= 0.3 is 0 Å². The van der Waals surface area contributed by atoms with Crippen molar-refractivity contribution >= 4 is 11.6 Å². The number of ether oxygens (including phenoxy) is 2. The van der Waals surface area contributed by atoms with Gasteiger partial charge in [0.25, 0.3) is 5.91 Å². The van der Waals surface area contributed by atoms with Crippen LogP contribution >= 0.6 is 0 Å². The zero-order chi connectivity index (χ0) is 19.2. The van der Waals surface area contributed by atoms with Gasteiger partial charge in [-0.2, -0.15) is 5.26 Å². The van der Waals surface area contributed by atoms with Gasteiger partial charge in [0.15, 0.2) is 11.5 Å². The summed E-state index contributed by atoms with van der Waals surface area (Å²) < 4.78 is 11.1. The quantitative estimate of drug-likeness (QED) is 0.496. The number of amides is 1. The molecule has 2 aliphatic rings. The Bertz CT molecular complexity index is 718. The minimum absolute atomic E-state index is 0.00443. The lowest BCUT2D eigenvalue weighted by atomic mass is 9.93. The summed E-state index contributed by atoms with van der Waals surface area (Å²) in [6.07, 6.45) is 1.63. The second kappa shape index (κ2) is 8.93. The second-order valence-corrected chi connectivity index (χ2v) is 6.98. The van der Waals surface area contributed by atoms with Gasteiger partial charge in [-0.15, -0.1) is 0 Å². The molecular weight excluding hydrogens is 348 g/mol. The summed E-state index contributed by atoms with van der Waals surface area (Å²) in [6.45, 7) is 3.44. The van der Waals surface area contributed by atoms with Crippen molar-refractivity contribution in [3.8, 4) is 17.6 Å². The summed E-state index contributed by atoms with van der Waals surface area (Å²) in [7, 11) is 0. The van der Waals surface area contributed by atoms with Crippen molar-refractivity contribution in [3.63, 3.8) is 0 Å². The minimum atomic E-state index is -0.504. The highest BCUT2D eigenvalue weighted by Gasteiger charge is 2.28. The molecule has 1 aromatic carbocycles. The molecule has 0 aliphatic carbocycles. The predicted octanol–water partition coefficient (Wildman–Crippen LogP) is 0.756. The van der Waals surface area contributed by atoms with Crippen LogP contribution in [0.4, 0.5) is 5.69 Å². The van der Waals surface area contributed by atoms with E-state index in [4.69, 9.17) is 20.5 Å². The molecule has 27 heavy (non-hydrogen) atoms. The molecule has 0 bridgehead atoms. The van der Waals surface area contributed by atoms with E-state index >= 15 is 0 Å².